The molecule has 1 fully saturated rings. The van der Waals surface area contributed by atoms with Crippen molar-refractivity contribution < 1.29 is 50.9 Å². The Morgan fingerprint density at radius 3 is 1.92 bits per heavy atom. The molecule has 0 saturated carbocycles. The molecule has 4 N–H and O–H groups in total. The van der Waals surface area contributed by atoms with Crippen molar-refractivity contribution >= 4 is 28.7 Å². The molecule has 3 rings (SSSR count). The van der Waals surface area contributed by atoms with Crippen molar-refractivity contribution in [3.63, 3.8) is 0 Å². The first-order valence-electron chi connectivity index (χ1n) is 10.4. The maximum atomic E-state index is 12.0. The lowest BCUT2D eigenvalue weighted by Crippen LogP contribution is -2.45. The number of aromatic nitrogens is 1. The average molecular weight is 528 g/mol. The minimum Gasteiger partial charge on any atom is -0.475 e. The largest absolute Gasteiger partial charge is 0.490 e. The Morgan fingerprint density at radius 1 is 0.944 bits per heavy atom. The number of carbonyl (C=O) groups excluding carboxylic acids is 1. The van der Waals surface area contributed by atoms with Crippen LogP contribution in [0, 0.1) is 0 Å². The number of alkyl halides is 6. The van der Waals surface area contributed by atoms with Gasteiger partial charge >= 0.3 is 24.3 Å². The van der Waals surface area contributed by atoms with Gasteiger partial charge in [-0.1, -0.05) is 18.2 Å². The molecular formula is C21H26F6N4O5. The Morgan fingerprint density at radius 2 is 1.44 bits per heavy atom. The molecule has 9 nitrogen and oxygen atoms in total. The van der Waals surface area contributed by atoms with Crippen LogP contribution in [0.2, 0.25) is 0 Å². The molecule has 1 aliphatic rings. The molecule has 1 aliphatic heterocycles. The first kappa shape index (κ1) is 30.7. The van der Waals surface area contributed by atoms with Crippen LogP contribution in [0.5, 0.6) is 0 Å². The van der Waals surface area contributed by atoms with Gasteiger partial charge in [0.15, 0.2) is 0 Å². The highest BCUT2D eigenvalue weighted by atomic mass is 19.4. The van der Waals surface area contributed by atoms with Crippen LogP contribution >= 0.6 is 0 Å². The van der Waals surface area contributed by atoms with Gasteiger partial charge in [0.1, 0.15) is 0 Å². The topological polar surface area (TPSA) is 126 Å². The van der Waals surface area contributed by atoms with Gasteiger partial charge < -0.3 is 30.3 Å². The Balaban J connectivity index is 0.000000383. The molecule has 1 aromatic heterocycles. The third kappa shape index (κ3) is 11.9. The SMILES string of the molecule is CN1CCN(CCC(=O)NCc2cc3ccccc3[nH]2)CC1.O=C(O)C(F)(F)F.O=C(O)C(F)(F)F. The van der Waals surface area contributed by atoms with Gasteiger partial charge in [0.2, 0.25) is 5.91 Å². The van der Waals surface area contributed by atoms with Crippen molar-refractivity contribution in [1.82, 2.24) is 20.1 Å². The van der Waals surface area contributed by atoms with Crippen molar-refractivity contribution in [3.8, 4) is 0 Å². The number of halogens is 6. The van der Waals surface area contributed by atoms with Crippen LogP contribution in [0.4, 0.5) is 26.3 Å². The number of hydrogen-bond acceptors (Lipinski definition) is 5. The number of piperazine rings is 1. The van der Waals surface area contributed by atoms with Gasteiger partial charge in [-0.25, -0.2) is 9.59 Å². The second-order valence-electron chi connectivity index (χ2n) is 7.66. The van der Waals surface area contributed by atoms with Gasteiger partial charge in [-0.05, 0) is 24.6 Å². The number of aliphatic carboxylic acids is 2. The van der Waals surface area contributed by atoms with Gasteiger partial charge in [-0.2, -0.15) is 26.3 Å². The first-order chi connectivity index (χ1) is 16.6. The zero-order chi connectivity index (χ0) is 27.5. The minimum atomic E-state index is -5.08. The third-order valence-corrected chi connectivity index (χ3v) is 4.80. The quantitative estimate of drug-likeness (QED) is 0.440. The summed E-state index contributed by atoms with van der Waals surface area (Å²) in [6, 6.07) is 10.3. The number of carboxylic acids is 2. The van der Waals surface area contributed by atoms with E-state index in [0.29, 0.717) is 13.0 Å². The highest BCUT2D eigenvalue weighted by Gasteiger charge is 2.38. The van der Waals surface area contributed by atoms with E-state index in [1.807, 2.05) is 18.2 Å². The molecule has 2 aromatic rings. The molecule has 0 aliphatic carbocycles. The van der Waals surface area contributed by atoms with E-state index in [2.05, 4.69) is 39.3 Å². The summed E-state index contributed by atoms with van der Waals surface area (Å²) in [5, 5.41) is 18.4. The number of nitrogens with zero attached hydrogens (tertiary/aromatic N) is 2. The maximum absolute atomic E-state index is 12.0. The van der Waals surface area contributed by atoms with Crippen molar-refractivity contribution in [2.45, 2.75) is 25.3 Å². The summed E-state index contributed by atoms with van der Waals surface area (Å²) in [7, 11) is 2.14. The van der Waals surface area contributed by atoms with Crippen LogP contribution in [0.15, 0.2) is 30.3 Å². The fourth-order valence-electron chi connectivity index (χ4n) is 2.84. The lowest BCUT2D eigenvalue weighted by molar-refractivity contribution is -0.193. The Hall–Kier alpha value is -3.33. The summed E-state index contributed by atoms with van der Waals surface area (Å²) >= 11 is 0. The first-order valence-corrected chi connectivity index (χ1v) is 10.4. The van der Waals surface area contributed by atoms with Crippen LogP contribution in [0.1, 0.15) is 12.1 Å². The number of likely N-dealkylation sites (N-methyl/N-ethyl adjacent to an activating group) is 1. The van der Waals surface area contributed by atoms with Crippen molar-refractivity contribution in [1.29, 1.82) is 0 Å². The van der Waals surface area contributed by atoms with Gasteiger partial charge in [-0.3, -0.25) is 4.79 Å². The maximum Gasteiger partial charge on any atom is 0.490 e. The number of para-hydroxylation sites is 1. The highest BCUT2D eigenvalue weighted by molar-refractivity contribution is 5.80. The van der Waals surface area contributed by atoms with Gasteiger partial charge in [-0.15, -0.1) is 0 Å². The number of carboxylic acid groups (broad SMARTS) is 2. The Kier molecular flexibility index (Phi) is 11.7. The number of rotatable bonds is 5. The summed E-state index contributed by atoms with van der Waals surface area (Å²) in [4.78, 5) is 37.8. The van der Waals surface area contributed by atoms with Crippen molar-refractivity contribution in [3.05, 3.63) is 36.0 Å². The fourth-order valence-corrected chi connectivity index (χ4v) is 2.84. The van der Waals surface area contributed by atoms with Crippen LogP contribution in [0.25, 0.3) is 10.9 Å². The van der Waals surface area contributed by atoms with E-state index in [4.69, 9.17) is 19.8 Å². The number of nitrogens with one attached hydrogen (secondary N) is 2. The van der Waals surface area contributed by atoms with E-state index in [0.717, 1.165) is 43.9 Å². The van der Waals surface area contributed by atoms with Gasteiger partial charge in [0, 0.05) is 50.4 Å². The van der Waals surface area contributed by atoms with E-state index in [1.165, 1.54) is 5.39 Å². The minimum absolute atomic E-state index is 0.123. The normalized spacial score (nSPS) is 14.8. The molecule has 0 bridgehead atoms. The highest BCUT2D eigenvalue weighted by Crippen LogP contribution is 2.15. The fraction of sp³-hybridized carbons (Fsp3) is 0.476. The molecule has 0 unspecified atom stereocenters. The number of amides is 1. The molecule has 36 heavy (non-hydrogen) atoms. The molecule has 0 spiro atoms. The summed E-state index contributed by atoms with van der Waals surface area (Å²) in [6.45, 7) is 5.73. The number of H-pyrrole nitrogens is 1. The van der Waals surface area contributed by atoms with Gasteiger partial charge in [0.25, 0.3) is 0 Å². The van der Waals surface area contributed by atoms with E-state index in [9.17, 15) is 31.1 Å². The van der Waals surface area contributed by atoms with Crippen LogP contribution in [-0.2, 0) is 20.9 Å². The zero-order valence-corrected chi connectivity index (χ0v) is 19.1. The smallest absolute Gasteiger partial charge is 0.475 e. The molecule has 15 heteroatoms. The van der Waals surface area contributed by atoms with E-state index < -0.39 is 24.3 Å². The van der Waals surface area contributed by atoms with E-state index >= 15 is 0 Å². The Labute approximate surface area is 201 Å². The molecule has 2 heterocycles. The van der Waals surface area contributed by atoms with E-state index in [1.54, 1.807) is 0 Å². The molecular weight excluding hydrogens is 502 g/mol. The van der Waals surface area contributed by atoms with Crippen molar-refractivity contribution in [2.75, 3.05) is 39.8 Å². The lowest BCUT2D eigenvalue weighted by Gasteiger charge is -2.32. The second-order valence-corrected chi connectivity index (χ2v) is 7.66. The average Bonchev–Trinajstić information content (AvgIpc) is 3.20. The second kappa shape index (κ2) is 13.7. The molecule has 0 atom stereocenters. The van der Waals surface area contributed by atoms with Crippen molar-refractivity contribution in [2.24, 2.45) is 0 Å². The van der Waals surface area contributed by atoms with E-state index in [-0.39, 0.29) is 5.91 Å². The standard InChI is InChI=1S/C17H24N4O.2C2HF3O2/c1-20-8-10-21(11-9-20)7-6-17(22)18-13-15-12-14-4-2-3-5-16(14)19-15;2*3-2(4,5)1(6)7/h2-5,12,19H,6-11,13H2,1H3,(H,18,22);2*(H,6,7). The Bertz CT molecular complexity index is 944. The number of aromatic amines is 1. The molecule has 1 saturated heterocycles. The van der Waals surface area contributed by atoms with Crippen LogP contribution in [-0.4, -0.2) is 95.0 Å². The molecule has 1 amide bonds. The summed E-state index contributed by atoms with van der Waals surface area (Å²) in [5.74, 6) is -5.39. The van der Waals surface area contributed by atoms with Crippen LogP contribution in [0.3, 0.4) is 0 Å². The van der Waals surface area contributed by atoms with Crippen LogP contribution < -0.4 is 5.32 Å². The predicted molar refractivity (Wildman–Crippen MR) is 116 cm³/mol. The lowest BCUT2D eigenvalue weighted by atomic mass is 10.2. The van der Waals surface area contributed by atoms with Gasteiger partial charge in [0.05, 0.1) is 6.54 Å². The summed E-state index contributed by atoms with van der Waals surface area (Å²) in [6.07, 6.45) is -9.59. The summed E-state index contributed by atoms with van der Waals surface area (Å²) in [5.41, 5.74) is 2.17. The molecule has 0 radical (unpaired) electrons. The third-order valence-electron chi connectivity index (χ3n) is 4.80. The molecule has 202 valence electrons. The zero-order valence-electron chi connectivity index (χ0n) is 19.1. The number of fused-ring (bicyclic) bond motifs is 1. The summed E-state index contributed by atoms with van der Waals surface area (Å²) < 4.78 is 63.5. The number of carbonyl (C=O) groups is 3. The number of benzene rings is 1. The monoisotopic (exact) mass is 528 g/mol. The molecule has 1 aromatic carbocycles. The predicted octanol–water partition coefficient (Wildman–Crippen LogP) is 2.69. The number of hydrogen-bond donors (Lipinski definition) is 4.